The van der Waals surface area contributed by atoms with Crippen LogP contribution in [0.25, 0.3) is 0 Å². The molecule has 5 heteroatoms. The van der Waals surface area contributed by atoms with Gasteiger partial charge in [0.05, 0.1) is 12.1 Å². The van der Waals surface area contributed by atoms with Crippen LogP contribution in [-0.4, -0.2) is 16.1 Å². The van der Waals surface area contributed by atoms with Gasteiger partial charge in [-0.3, -0.25) is 0 Å². The normalized spacial score (nSPS) is 11.9. The van der Waals surface area contributed by atoms with Crippen LogP contribution >= 0.6 is 0 Å². The largest absolute Gasteiger partial charge is 0.394 e. The first-order valence-corrected chi connectivity index (χ1v) is 2.47. The van der Waals surface area contributed by atoms with E-state index in [9.17, 15) is 13.2 Å². The third kappa shape index (κ3) is 2.08. The Labute approximate surface area is 55.1 Å². The third-order valence-corrected chi connectivity index (χ3v) is 0.831. The maximum Gasteiger partial charge on any atom is 0.394 e. The van der Waals surface area contributed by atoms with E-state index < -0.39 is 12.6 Å². The molecular formula is C5H3F3N2. The lowest BCUT2D eigenvalue weighted by Gasteiger charge is -2.01. The van der Waals surface area contributed by atoms with Crippen molar-refractivity contribution in [1.29, 1.82) is 0 Å². The molecule has 1 aromatic heterocycles. The zero-order valence-corrected chi connectivity index (χ0v) is 4.79. The molecule has 0 fully saturated rings. The van der Waals surface area contributed by atoms with Crippen molar-refractivity contribution >= 4 is 0 Å². The number of rotatable bonds is 1. The van der Waals surface area contributed by atoms with Gasteiger partial charge in [0.25, 0.3) is 0 Å². The molecule has 0 aliphatic rings. The van der Waals surface area contributed by atoms with E-state index in [4.69, 9.17) is 0 Å². The Kier molecular flexibility index (Phi) is 1.65. The molecule has 0 spiro atoms. The fraction of sp³-hybridized carbons (Fsp3) is 0.400. The molecule has 0 amide bonds. The molecule has 1 N–H and O–H groups in total. The molecule has 0 aliphatic heterocycles. The van der Waals surface area contributed by atoms with E-state index in [1.54, 1.807) is 0 Å². The second kappa shape index (κ2) is 2.32. The molecule has 1 heterocycles. The smallest absolute Gasteiger partial charge is 0.338 e. The summed E-state index contributed by atoms with van der Waals surface area (Å²) in [5, 5.41) is 0. The number of imidazole rings is 1. The molecule has 1 rings (SSSR count). The van der Waals surface area contributed by atoms with E-state index >= 15 is 0 Å². The van der Waals surface area contributed by atoms with Crippen LogP contribution < -0.4 is 0 Å². The van der Waals surface area contributed by atoms with E-state index in [1.807, 2.05) is 0 Å². The predicted octanol–water partition coefficient (Wildman–Crippen LogP) is 1.11. The summed E-state index contributed by atoms with van der Waals surface area (Å²) in [5.41, 5.74) is -0.0903. The molecule has 0 bridgehead atoms. The van der Waals surface area contributed by atoms with Crippen LogP contribution in [0.3, 0.4) is 0 Å². The van der Waals surface area contributed by atoms with Gasteiger partial charge in [0.2, 0.25) is 0 Å². The van der Waals surface area contributed by atoms with E-state index in [0.717, 1.165) is 0 Å². The topological polar surface area (TPSA) is 28.7 Å². The summed E-state index contributed by atoms with van der Waals surface area (Å²) in [6, 6.07) is 0. The monoisotopic (exact) mass is 148 g/mol. The fourth-order valence-electron chi connectivity index (χ4n) is 0.503. The maximum absolute atomic E-state index is 11.5. The summed E-state index contributed by atoms with van der Waals surface area (Å²) in [5.74, 6) is 0. The van der Waals surface area contributed by atoms with Crippen LogP contribution in [0.1, 0.15) is 5.69 Å². The second-order valence-corrected chi connectivity index (χ2v) is 1.73. The van der Waals surface area contributed by atoms with Gasteiger partial charge >= 0.3 is 6.18 Å². The molecule has 54 valence electrons. The van der Waals surface area contributed by atoms with Crippen LogP contribution in [0, 0.1) is 12.5 Å². The standard InChI is InChI=1S/C5H3F3N2/c6-5(7,8)1-4-2-9-3-10-4/h1H2,(H,9,10). The molecule has 2 nitrogen and oxygen atoms in total. The number of nitrogens with zero attached hydrogens (tertiary/aromatic N) is 1. The average Bonchev–Trinajstić information content (AvgIpc) is 2.12. The highest BCUT2D eigenvalue weighted by Crippen LogP contribution is 2.18. The molecule has 0 aliphatic carbocycles. The highest BCUT2D eigenvalue weighted by molar-refractivity contribution is 4.93. The fourth-order valence-corrected chi connectivity index (χ4v) is 0.503. The van der Waals surface area contributed by atoms with Gasteiger partial charge in [-0.1, -0.05) is 0 Å². The van der Waals surface area contributed by atoms with Crippen molar-refractivity contribution in [3.05, 3.63) is 18.2 Å². The SMILES string of the molecule is FC(F)(F)Cc1[c]n[c][nH]1. The van der Waals surface area contributed by atoms with Gasteiger partial charge in [-0.2, -0.15) is 13.2 Å². The van der Waals surface area contributed by atoms with Crippen molar-refractivity contribution in [2.24, 2.45) is 0 Å². The van der Waals surface area contributed by atoms with Gasteiger partial charge in [-0.05, 0) is 0 Å². The predicted molar refractivity (Wildman–Crippen MR) is 26.0 cm³/mol. The summed E-state index contributed by atoms with van der Waals surface area (Å²) in [6.45, 7) is 0. The van der Waals surface area contributed by atoms with Crippen LogP contribution in [0.2, 0.25) is 0 Å². The van der Waals surface area contributed by atoms with Crippen LogP contribution in [0.5, 0.6) is 0 Å². The van der Waals surface area contributed by atoms with E-state index in [1.165, 1.54) is 0 Å². The first kappa shape index (κ1) is 7.11. The summed E-state index contributed by atoms with van der Waals surface area (Å²) < 4.78 is 34.6. The third-order valence-electron chi connectivity index (χ3n) is 0.831. The minimum absolute atomic E-state index is 0.0903. The summed E-state index contributed by atoms with van der Waals surface area (Å²) >= 11 is 0. The van der Waals surface area contributed by atoms with Crippen molar-refractivity contribution in [2.45, 2.75) is 12.6 Å². The Morgan fingerprint density at radius 2 is 2.20 bits per heavy atom. The number of alkyl halides is 3. The number of nitrogens with one attached hydrogen (secondary N) is 1. The van der Waals surface area contributed by atoms with Gasteiger partial charge in [0.1, 0.15) is 6.20 Å². The number of halogens is 3. The Morgan fingerprint density at radius 3 is 2.60 bits per heavy atom. The average molecular weight is 148 g/mol. The molecular weight excluding hydrogens is 145 g/mol. The molecule has 0 aromatic carbocycles. The lowest BCUT2D eigenvalue weighted by atomic mass is 10.3. The Hall–Kier alpha value is -1.00. The zero-order valence-electron chi connectivity index (χ0n) is 4.79. The first-order chi connectivity index (χ1) is 4.58. The van der Waals surface area contributed by atoms with Crippen molar-refractivity contribution in [3.63, 3.8) is 0 Å². The van der Waals surface area contributed by atoms with Gasteiger partial charge in [-0.25, -0.2) is 4.98 Å². The molecule has 0 saturated heterocycles. The van der Waals surface area contributed by atoms with Crippen molar-refractivity contribution in [3.8, 4) is 0 Å². The Bertz CT molecular complexity index is 189. The molecule has 1 aromatic rings. The van der Waals surface area contributed by atoms with Gasteiger partial charge in [0, 0.05) is 0 Å². The zero-order chi connectivity index (χ0) is 7.61. The lowest BCUT2D eigenvalue weighted by Crippen LogP contribution is -2.11. The van der Waals surface area contributed by atoms with Crippen molar-refractivity contribution < 1.29 is 13.2 Å². The van der Waals surface area contributed by atoms with Crippen LogP contribution in [0.15, 0.2) is 0 Å². The molecule has 0 unspecified atom stereocenters. The highest BCUT2D eigenvalue weighted by atomic mass is 19.4. The van der Waals surface area contributed by atoms with Gasteiger partial charge < -0.3 is 4.98 Å². The number of hydrogen-bond donors (Lipinski definition) is 1. The van der Waals surface area contributed by atoms with Gasteiger partial charge in [0.15, 0.2) is 6.33 Å². The number of aromatic nitrogens is 2. The minimum atomic E-state index is -4.20. The van der Waals surface area contributed by atoms with Crippen molar-refractivity contribution in [2.75, 3.05) is 0 Å². The molecule has 2 radical (unpaired) electrons. The molecule has 0 atom stereocenters. The lowest BCUT2D eigenvalue weighted by molar-refractivity contribution is -0.127. The number of hydrogen-bond acceptors (Lipinski definition) is 1. The minimum Gasteiger partial charge on any atom is -0.338 e. The second-order valence-electron chi connectivity index (χ2n) is 1.73. The summed E-state index contributed by atoms with van der Waals surface area (Å²) in [6.07, 6.45) is -0.988. The molecule has 0 saturated carbocycles. The molecule has 10 heavy (non-hydrogen) atoms. The van der Waals surface area contributed by atoms with Crippen LogP contribution in [0.4, 0.5) is 13.2 Å². The first-order valence-electron chi connectivity index (χ1n) is 2.47. The van der Waals surface area contributed by atoms with E-state index in [-0.39, 0.29) is 5.69 Å². The van der Waals surface area contributed by atoms with Crippen LogP contribution in [-0.2, 0) is 6.42 Å². The Morgan fingerprint density at radius 1 is 1.50 bits per heavy atom. The number of H-pyrrole nitrogens is 1. The number of aromatic amines is 1. The summed E-state index contributed by atoms with van der Waals surface area (Å²) in [7, 11) is 0. The Balaban J connectivity index is 2.57. The van der Waals surface area contributed by atoms with Crippen molar-refractivity contribution in [1.82, 2.24) is 9.97 Å². The van der Waals surface area contributed by atoms with E-state index in [2.05, 4.69) is 22.5 Å². The maximum atomic E-state index is 11.5. The summed E-state index contributed by atoms with van der Waals surface area (Å²) in [4.78, 5) is 5.38. The van der Waals surface area contributed by atoms with E-state index in [0.29, 0.717) is 0 Å². The van der Waals surface area contributed by atoms with Gasteiger partial charge in [-0.15, -0.1) is 0 Å². The quantitative estimate of drug-likeness (QED) is 0.635. The highest BCUT2D eigenvalue weighted by Gasteiger charge is 2.28.